The van der Waals surface area contributed by atoms with Crippen LogP contribution in [0, 0.1) is 4.91 Å². The lowest BCUT2D eigenvalue weighted by Crippen LogP contribution is -1.85. The van der Waals surface area contributed by atoms with Crippen molar-refractivity contribution >= 4 is 0 Å². The van der Waals surface area contributed by atoms with Gasteiger partial charge in [0.25, 0.3) is 0 Å². The number of hydrogen-bond acceptors (Lipinski definition) is 3. The molecule has 0 rings (SSSR count). The number of hydrogen-bond donors (Lipinski definition) is 0. The first-order valence-electron chi connectivity index (χ1n) is 1.42. The Bertz CT molecular complexity index is 40.5. The Morgan fingerprint density at radius 1 is 1.83 bits per heavy atom. The molecule has 0 aliphatic rings. The van der Waals surface area contributed by atoms with Gasteiger partial charge in [0, 0.05) is 0 Å². The minimum atomic E-state index is -0.661. The van der Waals surface area contributed by atoms with Crippen LogP contribution in [0.2, 0.25) is 0 Å². The second-order valence-corrected chi connectivity index (χ2v) is 0.597. The minimum Gasteiger partial charge on any atom is -0.361 e. The number of alkyl halides is 1. The fourth-order valence-electron chi connectivity index (χ4n) is 0.0718. The third-order valence-corrected chi connectivity index (χ3v) is 0.221. The van der Waals surface area contributed by atoms with E-state index in [2.05, 4.69) is 4.84 Å². The minimum absolute atomic E-state index is 0.233. The highest BCUT2D eigenvalue weighted by Gasteiger charge is 1.76. The van der Waals surface area contributed by atoms with Crippen molar-refractivity contribution in [1.82, 2.24) is 0 Å². The van der Waals surface area contributed by atoms with Crippen molar-refractivity contribution in [1.29, 1.82) is 0 Å². The first-order chi connectivity index (χ1) is 2.91. The van der Waals surface area contributed by atoms with Crippen LogP contribution >= 0.6 is 0 Å². The molecule has 0 fully saturated rings. The predicted octanol–water partition coefficient (Wildman–Crippen LogP) is 0.654. The van der Waals surface area contributed by atoms with E-state index in [1.807, 2.05) is 5.34 Å². The number of halogens is 1. The highest BCUT2D eigenvalue weighted by atomic mass is 19.1. The Balaban J connectivity index is 2.49. The quantitative estimate of drug-likeness (QED) is 0.292. The third-order valence-electron chi connectivity index (χ3n) is 0.221. The maximum Gasteiger partial charge on any atom is 0.155 e. The van der Waals surface area contributed by atoms with Gasteiger partial charge in [-0.3, -0.25) is 0 Å². The predicted molar refractivity (Wildman–Crippen MR) is 17.7 cm³/mol. The van der Waals surface area contributed by atoms with Gasteiger partial charge in [0.05, 0.1) is 0 Å². The molecule has 0 saturated heterocycles. The van der Waals surface area contributed by atoms with Crippen molar-refractivity contribution < 1.29 is 9.23 Å². The van der Waals surface area contributed by atoms with Gasteiger partial charge in [-0.1, -0.05) is 0 Å². The van der Waals surface area contributed by atoms with E-state index in [9.17, 15) is 4.39 Å². The smallest absolute Gasteiger partial charge is 0.155 e. The molecule has 0 aromatic carbocycles. The summed E-state index contributed by atoms with van der Waals surface area (Å²) in [6.07, 6.45) is 0. The van der Waals surface area contributed by atoms with Gasteiger partial charge in [0.1, 0.15) is 13.3 Å². The van der Waals surface area contributed by atoms with Crippen molar-refractivity contribution in [3.8, 4) is 0 Å². The standard InChI is InChI=1S/C2H4FNO2/c3-1-2-6-4-5/h1-2H2. The van der Waals surface area contributed by atoms with Crippen molar-refractivity contribution in [3.05, 3.63) is 4.91 Å². The van der Waals surface area contributed by atoms with Crippen LogP contribution in [0.5, 0.6) is 0 Å². The summed E-state index contributed by atoms with van der Waals surface area (Å²) in [6.45, 7) is -0.894. The molecular weight excluding hydrogens is 89.0 g/mol. The molecule has 0 unspecified atom stereocenters. The van der Waals surface area contributed by atoms with E-state index in [1.54, 1.807) is 0 Å². The molecular formula is C2H4FNO2. The van der Waals surface area contributed by atoms with Crippen molar-refractivity contribution in [3.63, 3.8) is 0 Å². The van der Waals surface area contributed by atoms with E-state index in [1.165, 1.54) is 0 Å². The molecule has 0 amide bonds. The summed E-state index contributed by atoms with van der Waals surface area (Å²) in [4.78, 5) is 12.6. The Morgan fingerprint density at radius 3 is 2.67 bits per heavy atom. The summed E-state index contributed by atoms with van der Waals surface area (Å²) in [5.41, 5.74) is 0. The van der Waals surface area contributed by atoms with E-state index in [-0.39, 0.29) is 6.61 Å². The molecule has 0 heterocycles. The first kappa shape index (κ1) is 5.33. The Labute approximate surface area is 34.0 Å². The topological polar surface area (TPSA) is 38.7 Å². The first-order valence-corrected chi connectivity index (χ1v) is 1.42. The van der Waals surface area contributed by atoms with E-state index < -0.39 is 6.67 Å². The molecule has 0 aromatic heterocycles. The Morgan fingerprint density at radius 2 is 2.50 bits per heavy atom. The highest BCUT2D eigenvalue weighted by molar-refractivity contribution is 4.15. The molecule has 0 saturated carbocycles. The second-order valence-electron chi connectivity index (χ2n) is 0.597. The van der Waals surface area contributed by atoms with Crippen LogP contribution in [0.15, 0.2) is 5.34 Å². The Hall–Kier alpha value is -0.670. The SMILES string of the molecule is O=NOCCF. The maximum absolute atomic E-state index is 10.9. The maximum atomic E-state index is 10.9. The van der Waals surface area contributed by atoms with Crippen LogP contribution in [0.3, 0.4) is 0 Å². The third kappa shape index (κ3) is 3.33. The highest BCUT2D eigenvalue weighted by Crippen LogP contribution is 1.71. The van der Waals surface area contributed by atoms with Crippen LogP contribution in [0.4, 0.5) is 4.39 Å². The van der Waals surface area contributed by atoms with Crippen LogP contribution in [-0.4, -0.2) is 13.3 Å². The summed E-state index contributed by atoms with van der Waals surface area (Å²) in [5.74, 6) is 0. The van der Waals surface area contributed by atoms with Gasteiger partial charge >= 0.3 is 0 Å². The summed E-state index contributed by atoms with van der Waals surface area (Å²) < 4.78 is 10.9. The zero-order valence-corrected chi connectivity index (χ0v) is 3.06. The molecule has 36 valence electrons. The Kier molecular flexibility index (Phi) is 3.85. The van der Waals surface area contributed by atoms with Gasteiger partial charge < -0.3 is 4.84 Å². The zero-order chi connectivity index (χ0) is 4.83. The summed E-state index contributed by atoms with van der Waals surface area (Å²) in [5, 5.41) is 1.94. The molecule has 0 aliphatic heterocycles. The van der Waals surface area contributed by atoms with Crippen molar-refractivity contribution in [2.75, 3.05) is 13.3 Å². The lowest BCUT2D eigenvalue weighted by Gasteiger charge is -1.81. The summed E-state index contributed by atoms with van der Waals surface area (Å²) >= 11 is 0. The van der Waals surface area contributed by atoms with Crippen molar-refractivity contribution in [2.24, 2.45) is 5.34 Å². The summed E-state index contributed by atoms with van der Waals surface area (Å²) in [7, 11) is 0. The van der Waals surface area contributed by atoms with E-state index >= 15 is 0 Å². The van der Waals surface area contributed by atoms with Gasteiger partial charge in [-0.05, 0) is 0 Å². The van der Waals surface area contributed by atoms with Gasteiger partial charge in [0.2, 0.25) is 0 Å². The van der Waals surface area contributed by atoms with Crippen LogP contribution < -0.4 is 0 Å². The molecule has 0 spiro atoms. The van der Waals surface area contributed by atoms with Crippen LogP contribution in [0.25, 0.3) is 0 Å². The molecule has 6 heavy (non-hydrogen) atoms. The molecule has 0 atom stereocenters. The van der Waals surface area contributed by atoms with Crippen LogP contribution in [-0.2, 0) is 4.84 Å². The summed E-state index contributed by atoms with van der Waals surface area (Å²) in [6, 6.07) is 0. The molecule has 0 radical (unpaired) electrons. The average molecular weight is 93.1 g/mol. The molecule has 3 nitrogen and oxygen atoms in total. The van der Waals surface area contributed by atoms with Gasteiger partial charge in [0.15, 0.2) is 5.34 Å². The monoisotopic (exact) mass is 93.0 g/mol. The van der Waals surface area contributed by atoms with Gasteiger partial charge in [-0.2, -0.15) is 0 Å². The number of nitrogens with zero attached hydrogens (tertiary/aromatic N) is 1. The lowest BCUT2D eigenvalue weighted by molar-refractivity contribution is 0.123. The van der Waals surface area contributed by atoms with E-state index in [0.717, 1.165) is 0 Å². The van der Waals surface area contributed by atoms with Gasteiger partial charge in [-0.25, -0.2) is 4.39 Å². The number of rotatable bonds is 3. The van der Waals surface area contributed by atoms with E-state index in [4.69, 9.17) is 4.91 Å². The normalized spacial score (nSPS) is 7.50. The molecule has 0 aromatic rings. The van der Waals surface area contributed by atoms with Crippen molar-refractivity contribution in [2.45, 2.75) is 0 Å². The largest absolute Gasteiger partial charge is 0.361 e. The molecule has 0 bridgehead atoms. The fraction of sp³-hybridized carbons (Fsp3) is 1.00. The van der Waals surface area contributed by atoms with E-state index in [0.29, 0.717) is 0 Å². The zero-order valence-electron chi connectivity index (χ0n) is 3.06. The van der Waals surface area contributed by atoms with Gasteiger partial charge in [-0.15, -0.1) is 4.91 Å². The second kappa shape index (κ2) is 4.33. The molecule has 0 N–H and O–H groups in total. The van der Waals surface area contributed by atoms with Crippen LogP contribution in [0.1, 0.15) is 0 Å². The lowest BCUT2D eigenvalue weighted by atomic mass is 10.8. The molecule has 4 heteroatoms. The average Bonchev–Trinajstić information content (AvgIpc) is 1.61. The molecule has 0 aliphatic carbocycles. The fourth-order valence-corrected chi connectivity index (χ4v) is 0.0718.